The van der Waals surface area contributed by atoms with Gasteiger partial charge in [0.1, 0.15) is 0 Å². The number of benzene rings is 2. The summed E-state index contributed by atoms with van der Waals surface area (Å²) >= 11 is 0. The lowest BCUT2D eigenvalue weighted by molar-refractivity contribution is 1.22. The number of hydrogen-bond donors (Lipinski definition) is 0. The molecule has 0 saturated heterocycles. The van der Waals surface area contributed by atoms with Gasteiger partial charge in [-0.1, -0.05) is 43.0 Å². The lowest BCUT2D eigenvalue weighted by Gasteiger charge is -2.08. The van der Waals surface area contributed by atoms with Gasteiger partial charge in [-0.05, 0) is 53.5 Å². The highest BCUT2D eigenvalue weighted by Crippen LogP contribution is 2.26. The van der Waals surface area contributed by atoms with Crippen LogP contribution in [0.5, 0.6) is 0 Å². The van der Waals surface area contributed by atoms with Gasteiger partial charge in [0.15, 0.2) is 0 Å². The van der Waals surface area contributed by atoms with Crippen molar-refractivity contribution in [2.24, 2.45) is 0 Å². The van der Waals surface area contributed by atoms with Gasteiger partial charge in [-0.2, -0.15) is 0 Å². The molecule has 1 aromatic heterocycles. The van der Waals surface area contributed by atoms with Crippen LogP contribution in [0, 0.1) is 6.92 Å². The maximum atomic E-state index is 4.53. The van der Waals surface area contributed by atoms with E-state index in [0.717, 1.165) is 16.8 Å². The summed E-state index contributed by atoms with van der Waals surface area (Å²) in [5.41, 5.74) is 5.52. The van der Waals surface area contributed by atoms with E-state index in [2.05, 4.69) is 67.0 Å². The molecule has 0 radical (unpaired) electrons. The van der Waals surface area contributed by atoms with Crippen LogP contribution in [0.3, 0.4) is 0 Å². The highest BCUT2D eigenvalue weighted by Gasteiger charge is 2.05. The van der Waals surface area contributed by atoms with Crippen LogP contribution in [0.25, 0.3) is 27.5 Å². The third-order valence-electron chi connectivity index (χ3n) is 3.57. The smallest absolute Gasteiger partial charge is 0.0682 e. The molecule has 20 heavy (non-hydrogen) atoms. The van der Waals surface area contributed by atoms with Gasteiger partial charge in [0.2, 0.25) is 0 Å². The minimum Gasteiger partial charge on any atom is -0.256 e. The number of fused-ring (bicyclic) bond motifs is 1. The maximum Gasteiger partial charge on any atom is 0.0682 e. The molecular weight excluding hydrogens is 242 g/mol. The van der Waals surface area contributed by atoms with Gasteiger partial charge in [-0.25, -0.2) is 0 Å². The van der Waals surface area contributed by atoms with E-state index in [1.165, 1.54) is 21.9 Å². The fraction of sp³-hybridized carbons (Fsp3) is 0.105. The van der Waals surface area contributed by atoms with Crippen LogP contribution >= 0.6 is 0 Å². The topological polar surface area (TPSA) is 12.9 Å². The second-order valence-corrected chi connectivity index (χ2v) is 5.23. The van der Waals surface area contributed by atoms with Crippen molar-refractivity contribution in [1.82, 2.24) is 4.98 Å². The minimum atomic E-state index is 0.995. The van der Waals surface area contributed by atoms with Crippen LogP contribution in [0.15, 0.2) is 61.3 Å². The molecule has 1 nitrogen and oxygen atoms in total. The van der Waals surface area contributed by atoms with Gasteiger partial charge in [-0.3, -0.25) is 4.98 Å². The van der Waals surface area contributed by atoms with E-state index in [9.17, 15) is 0 Å². The van der Waals surface area contributed by atoms with Crippen LogP contribution in [0.1, 0.15) is 18.2 Å². The quantitative estimate of drug-likeness (QED) is 0.613. The van der Waals surface area contributed by atoms with Crippen molar-refractivity contribution in [1.29, 1.82) is 0 Å². The standard InChI is InChI=1S/C19H17N/c1-13(2)19-14(3)10-18(12-20-19)17-9-8-15-6-4-5-7-16(15)11-17/h4-12H,1H2,2-3H3. The molecule has 3 rings (SSSR count). The van der Waals surface area contributed by atoms with Crippen molar-refractivity contribution in [3.8, 4) is 11.1 Å². The van der Waals surface area contributed by atoms with E-state index < -0.39 is 0 Å². The molecule has 1 heterocycles. The Morgan fingerprint density at radius 2 is 1.70 bits per heavy atom. The summed E-state index contributed by atoms with van der Waals surface area (Å²) in [5, 5.41) is 2.52. The van der Waals surface area contributed by atoms with E-state index >= 15 is 0 Å². The van der Waals surface area contributed by atoms with E-state index in [1.54, 1.807) is 0 Å². The molecule has 0 fully saturated rings. The molecule has 0 amide bonds. The monoisotopic (exact) mass is 259 g/mol. The van der Waals surface area contributed by atoms with Crippen molar-refractivity contribution >= 4 is 16.3 Å². The molecule has 0 aliphatic carbocycles. The molecule has 0 N–H and O–H groups in total. The molecule has 98 valence electrons. The highest BCUT2D eigenvalue weighted by atomic mass is 14.7. The van der Waals surface area contributed by atoms with Gasteiger partial charge in [0.05, 0.1) is 5.69 Å². The second kappa shape index (κ2) is 4.93. The number of aromatic nitrogens is 1. The molecule has 0 aliphatic heterocycles. The molecule has 2 aromatic carbocycles. The average molecular weight is 259 g/mol. The van der Waals surface area contributed by atoms with E-state index in [-0.39, 0.29) is 0 Å². The summed E-state index contributed by atoms with van der Waals surface area (Å²) in [5.74, 6) is 0. The molecule has 0 bridgehead atoms. The van der Waals surface area contributed by atoms with Gasteiger partial charge in [0, 0.05) is 11.8 Å². The zero-order valence-electron chi connectivity index (χ0n) is 11.9. The molecule has 0 unspecified atom stereocenters. The minimum absolute atomic E-state index is 0.995. The van der Waals surface area contributed by atoms with Crippen LogP contribution < -0.4 is 0 Å². The number of pyridine rings is 1. The molecular formula is C19H17N. The fourth-order valence-corrected chi connectivity index (χ4v) is 2.55. The normalized spacial score (nSPS) is 10.7. The van der Waals surface area contributed by atoms with Crippen LogP contribution in [-0.4, -0.2) is 4.98 Å². The Hall–Kier alpha value is -2.41. The SMILES string of the molecule is C=C(C)c1ncc(-c2ccc3ccccc3c2)cc1C. The first-order chi connectivity index (χ1) is 9.65. The fourth-order valence-electron chi connectivity index (χ4n) is 2.55. The first-order valence-corrected chi connectivity index (χ1v) is 6.77. The first-order valence-electron chi connectivity index (χ1n) is 6.77. The Bertz CT molecular complexity index is 800. The van der Waals surface area contributed by atoms with Crippen molar-refractivity contribution in [2.75, 3.05) is 0 Å². The number of hydrogen-bond acceptors (Lipinski definition) is 1. The lowest BCUT2D eigenvalue weighted by Crippen LogP contribution is -1.91. The number of nitrogens with zero attached hydrogens (tertiary/aromatic N) is 1. The Morgan fingerprint density at radius 1 is 0.950 bits per heavy atom. The molecule has 0 saturated carbocycles. The van der Waals surface area contributed by atoms with Crippen molar-refractivity contribution in [3.63, 3.8) is 0 Å². The van der Waals surface area contributed by atoms with Crippen molar-refractivity contribution in [2.45, 2.75) is 13.8 Å². The third kappa shape index (κ3) is 2.23. The van der Waals surface area contributed by atoms with Crippen LogP contribution in [0.2, 0.25) is 0 Å². The van der Waals surface area contributed by atoms with Crippen molar-refractivity contribution in [3.05, 3.63) is 72.6 Å². The largest absolute Gasteiger partial charge is 0.256 e. The average Bonchev–Trinajstić information content (AvgIpc) is 2.46. The second-order valence-electron chi connectivity index (χ2n) is 5.23. The van der Waals surface area contributed by atoms with Gasteiger partial charge >= 0.3 is 0 Å². The molecule has 1 heteroatoms. The zero-order valence-corrected chi connectivity index (χ0v) is 11.9. The molecule has 3 aromatic rings. The Balaban J connectivity index is 2.11. The molecule has 0 atom stereocenters. The Kier molecular flexibility index (Phi) is 3.11. The maximum absolute atomic E-state index is 4.53. The zero-order chi connectivity index (χ0) is 14.1. The van der Waals surface area contributed by atoms with Gasteiger partial charge in [-0.15, -0.1) is 0 Å². The summed E-state index contributed by atoms with van der Waals surface area (Å²) in [6.07, 6.45) is 1.93. The summed E-state index contributed by atoms with van der Waals surface area (Å²) in [7, 11) is 0. The first kappa shape index (κ1) is 12.6. The highest BCUT2D eigenvalue weighted by molar-refractivity contribution is 5.87. The Labute approximate surface area is 119 Å². The predicted octanol–water partition coefficient (Wildman–Crippen LogP) is 5.24. The number of aryl methyl sites for hydroxylation is 1. The van der Waals surface area contributed by atoms with Crippen molar-refractivity contribution < 1.29 is 0 Å². The lowest BCUT2D eigenvalue weighted by atomic mass is 10.00. The van der Waals surface area contributed by atoms with Gasteiger partial charge in [0.25, 0.3) is 0 Å². The summed E-state index contributed by atoms with van der Waals surface area (Å²) in [4.78, 5) is 4.53. The van der Waals surface area contributed by atoms with Crippen LogP contribution in [0.4, 0.5) is 0 Å². The molecule has 0 aliphatic rings. The number of allylic oxidation sites excluding steroid dienone is 1. The summed E-state index contributed by atoms with van der Waals surface area (Å²) in [6, 6.07) is 17.1. The predicted molar refractivity (Wildman–Crippen MR) is 86.6 cm³/mol. The van der Waals surface area contributed by atoms with Gasteiger partial charge < -0.3 is 0 Å². The third-order valence-corrected chi connectivity index (χ3v) is 3.57. The summed E-state index contributed by atoms with van der Waals surface area (Å²) < 4.78 is 0. The molecule has 0 spiro atoms. The van der Waals surface area contributed by atoms with E-state index in [0.29, 0.717) is 0 Å². The van der Waals surface area contributed by atoms with E-state index in [4.69, 9.17) is 0 Å². The Morgan fingerprint density at radius 3 is 2.40 bits per heavy atom. The van der Waals surface area contributed by atoms with Crippen LogP contribution in [-0.2, 0) is 0 Å². The summed E-state index contributed by atoms with van der Waals surface area (Å²) in [6.45, 7) is 8.04. The van der Waals surface area contributed by atoms with E-state index in [1.807, 2.05) is 13.1 Å². The number of rotatable bonds is 2.